The molecule has 0 unspecified atom stereocenters. The minimum atomic E-state index is -0.415. The molecule has 1 amide bonds. The van der Waals surface area contributed by atoms with Gasteiger partial charge in [0.1, 0.15) is 11.5 Å². The van der Waals surface area contributed by atoms with Gasteiger partial charge in [-0.3, -0.25) is 4.79 Å². The summed E-state index contributed by atoms with van der Waals surface area (Å²) >= 11 is 0. The Morgan fingerprint density at radius 3 is 2.42 bits per heavy atom. The molecule has 98 valence electrons. The van der Waals surface area contributed by atoms with Crippen molar-refractivity contribution in [3.63, 3.8) is 0 Å². The number of hydrogen-bond donors (Lipinski definition) is 2. The third-order valence-electron chi connectivity index (χ3n) is 2.69. The molecule has 2 aromatic carbocycles. The Morgan fingerprint density at radius 2 is 1.74 bits per heavy atom. The van der Waals surface area contributed by atoms with Crippen LogP contribution in [0.1, 0.15) is 18.0 Å². The first-order valence-electron chi connectivity index (χ1n) is 6.02. The number of primary amides is 1. The molecule has 4 heteroatoms. The zero-order valence-corrected chi connectivity index (χ0v) is 10.5. The zero-order valence-electron chi connectivity index (χ0n) is 10.5. The molecule has 0 spiro atoms. The number of rotatable bonds is 5. The molecule has 2 aromatic rings. The molecule has 0 aromatic heterocycles. The Balaban J connectivity index is 2.13. The summed E-state index contributed by atoms with van der Waals surface area (Å²) in [6, 6.07) is 16.4. The van der Waals surface area contributed by atoms with E-state index in [1.807, 2.05) is 54.6 Å². The van der Waals surface area contributed by atoms with Gasteiger partial charge in [-0.1, -0.05) is 30.3 Å². The van der Waals surface area contributed by atoms with Crippen molar-refractivity contribution < 1.29 is 9.53 Å². The van der Waals surface area contributed by atoms with E-state index in [0.717, 1.165) is 11.3 Å². The van der Waals surface area contributed by atoms with E-state index in [9.17, 15) is 4.79 Å². The molecule has 0 bridgehead atoms. The van der Waals surface area contributed by atoms with Gasteiger partial charge in [-0.15, -0.1) is 0 Å². The van der Waals surface area contributed by atoms with Crippen molar-refractivity contribution in [1.82, 2.24) is 0 Å². The summed E-state index contributed by atoms with van der Waals surface area (Å²) in [5, 5.41) is 0. The molecule has 4 N–H and O–H groups in total. The number of amides is 1. The number of ether oxygens (including phenoxy) is 1. The first-order valence-corrected chi connectivity index (χ1v) is 6.02. The predicted octanol–water partition coefficient (Wildman–Crippen LogP) is 2.35. The van der Waals surface area contributed by atoms with Gasteiger partial charge in [0.2, 0.25) is 5.91 Å². The van der Waals surface area contributed by atoms with Gasteiger partial charge in [-0.2, -0.15) is 0 Å². The van der Waals surface area contributed by atoms with Crippen LogP contribution in [0.5, 0.6) is 11.5 Å². The van der Waals surface area contributed by atoms with Gasteiger partial charge in [0.15, 0.2) is 0 Å². The SMILES string of the molecule is NC(=O)C[C@H](N)c1cccc(Oc2ccccc2)c1. The van der Waals surface area contributed by atoms with E-state index in [1.54, 1.807) is 0 Å². The molecular weight excluding hydrogens is 240 g/mol. The van der Waals surface area contributed by atoms with E-state index in [1.165, 1.54) is 0 Å². The first kappa shape index (κ1) is 13.1. The van der Waals surface area contributed by atoms with Crippen molar-refractivity contribution in [2.24, 2.45) is 11.5 Å². The van der Waals surface area contributed by atoms with Crippen LogP contribution in [0.2, 0.25) is 0 Å². The van der Waals surface area contributed by atoms with Crippen molar-refractivity contribution in [2.75, 3.05) is 0 Å². The number of benzene rings is 2. The summed E-state index contributed by atoms with van der Waals surface area (Å²) in [6.45, 7) is 0. The van der Waals surface area contributed by atoms with E-state index in [2.05, 4.69) is 0 Å². The van der Waals surface area contributed by atoms with Crippen molar-refractivity contribution in [1.29, 1.82) is 0 Å². The summed E-state index contributed by atoms with van der Waals surface area (Å²) in [4.78, 5) is 10.9. The highest BCUT2D eigenvalue weighted by Crippen LogP contribution is 2.24. The molecule has 0 aliphatic carbocycles. The van der Waals surface area contributed by atoms with Crippen LogP contribution in [0.3, 0.4) is 0 Å². The fraction of sp³-hybridized carbons (Fsp3) is 0.133. The second kappa shape index (κ2) is 6.02. The Bertz CT molecular complexity index is 555. The summed E-state index contributed by atoms with van der Waals surface area (Å²) in [7, 11) is 0. The Morgan fingerprint density at radius 1 is 1.05 bits per heavy atom. The topological polar surface area (TPSA) is 78.3 Å². The van der Waals surface area contributed by atoms with Crippen molar-refractivity contribution in [3.8, 4) is 11.5 Å². The minimum Gasteiger partial charge on any atom is -0.457 e. The average molecular weight is 256 g/mol. The molecule has 2 rings (SSSR count). The normalized spacial score (nSPS) is 11.8. The van der Waals surface area contributed by atoms with E-state index < -0.39 is 11.9 Å². The summed E-state index contributed by atoms with van der Waals surface area (Å²) < 4.78 is 5.70. The average Bonchev–Trinajstić information content (AvgIpc) is 2.39. The van der Waals surface area contributed by atoms with Gasteiger partial charge < -0.3 is 16.2 Å². The first-order chi connectivity index (χ1) is 9.15. The lowest BCUT2D eigenvalue weighted by Gasteiger charge is -2.12. The quantitative estimate of drug-likeness (QED) is 0.861. The number of nitrogens with two attached hydrogens (primary N) is 2. The van der Waals surface area contributed by atoms with Gasteiger partial charge in [0.05, 0.1) is 0 Å². The second-order valence-electron chi connectivity index (χ2n) is 4.26. The molecule has 0 aliphatic rings. The highest BCUT2D eigenvalue weighted by atomic mass is 16.5. The molecule has 0 saturated heterocycles. The fourth-order valence-electron chi connectivity index (χ4n) is 1.77. The Hall–Kier alpha value is -2.33. The number of para-hydroxylation sites is 1. The zero-order chi connectivity index (χ0) is 13.7. The van der Waals surface area contributed by atoms with Gasteiger partial charge in [-0.05, 0) is 29.8 Å². The fourth-order valence-corrected chi connectivity index (χ4v) is 1.77. The van der Waals surface area contributed by atoms with Crippen LogP contribution in [0, 0.1) is 0 Å². The molecular formula is C15H16N2O2. The van der Waals surface area contributed by atoms with Crippen LogP contribution >= 0.6 is 0 Å². The van der Waals surface area contributed by atoms with Gasteiger partial charge in [-0.25, -0.2) is 0 Å². The highest BCUT2D eigenvalue weighted by Gasteiger charge is 2.10. The van der Waals surface area contributed by atoms with Gasteiger partial charge in [0.25, 0.3) is 0 Å². The standard InChI is InChI=1S/C15H16N2O2/c16-14(10-15(17)18)11-5-4-8-13(9-11)19-12-6-2-1-3-7-12/h1-9,14H,10,16H2,(H2,17,18)/t14-/m0/s1. The van der Waals surface area contributed by atoms with Crippen LogP contribution in [0.25, 0.3) is 0 Å². The predicted molar refractivity (Wildman–Crippen MR) is 73.7 cm³/mol. The number of carbonyl (C=O) groups excluding carboxylic acids is 1. The molecule has 4 nitrogen and oxygen atoms in total. The Kier molecular flexibility index (Phi) is 4.15. The van der Waals surface area contributed by atoms with Gasteiger partial charge in [0, 0.05) is 12.5 Å². The molecule has 0 fully saturated rings. The lowest BCUT2D eigenvalue weighted by molar-refractivity contribution is -0.118. The second-order valence-corrected chi connectivity index (χ2v) is 4.26. The highest BCUT2D eigenvalue weighted by molar-refractivity contribution is 5.74. The minimum absolute atomic E-state index is 0.120. The van der Waals surface area contributed by atoms with Crippen molar-refractivity contribution >= 4 is 5.91 Å². The van der Waals surface area contributed by atoms with E-state index >= 15 is 0 Å². The van der Waals surface area contributed by atoms with Crippen LogP contribution in [0.15, 0.2) is 54.6 Å². The third kappa shape index (κ3) is 3.82. The largest absolute Gasteiger partial charge is 0.457 e. The summed E-state index contributed by atoms with van der Waals surface area (Å²) in [6.07, 6.45) is 0.120. The lowest BCUT2D eigenvalue weighted by atomic mass is 10.0. The van der Waals surface area contributed by atoms with Crippen molar-refractivity contribution in [3.05, 3.63) is 60.2 Å². The molecule has 1 atom stereocenters. The number of carbonyl (C=O) groups is 1. The van der Waals surface area contributed by atoms with Crippen LogP contribution in [-0.4, -0.2) is 5.91 Å². The maximum atomic E-state index is 10.9. The van der Waals surface area contributed by atoms with E-state index in [-0.39, 0.29) is 6.42 Å². The van der Waals surface area contributed by atoms with E-state index in [0.29, 0.717) is 5.75 Å². The maximum absolute atomic E-state index is 10.9. The van der Waals surface area contributed by atoms with Crippen molar-refractivity contribution in [2.45, 2.75) is 12.5 Å². The summed E-state index contributed by atoms with van der Waals surface area (Å²) in [5.41, 5.74) is 11.9. The lowest BCUT2D eigenvalue weighted by Crippen LogP contribution is -2.20. The van der Waals surface area contributed by atoms with Crippen LogP contribution in [-0.2, 0) is 4.79 Å². The molecule has 0 radical (unpaired) electrons. The van der Waals surface area contributed by atoms with Crippen LogP contribution < -0.4 is 16.2 Å². The molecule has 19 heavy (non-hydrogen) atoms. The molecule has 0 heterocycles. The molecule has 0 saturated carbocycles. The Labute approximate surface area is 112 Å². The number of hydrogen-bond acceptors (Lipinski definition) is 3. The third-order valence-corrected chi connectivity index (χ3v) is 2.69. The maximum Gasteiger partial charge on any atom is 0.219 e. The van der Waals surface area contributed by atoms with E-state index in [4.69, 9.17) is 16.2 Å². The molecule has 0 aliphatic heterocycles. The van der Waals surface area contributed by atoms with Crippen LogP contribution in [0.4, 0.5) is 0 Å². The van der Waals surface area contributed by atoms with Gasteiger partial charge >= 0.3 is 0 Å². The summed E-state index contributed by atoms with van der Waals surface area (Å²) in [5.74, 6) is 1.02. The monoisotopic (exact) mass is 256 g/mol. The smallest absolute Gasteiger partial charge is 0.219 e.